The summed E-state index contributed by atoms with van der Waals surface area (Å²) in [5, 5.41) is 3.60. The molecule has 1 saturated heterocycles. The molecule has 122 valence electrons. The molecule has 3 rings (SSSR count). The number of nitrogens with zero attached hydrogens (tertiary/aromatic N) is 1. The van der Waals surface area contributed by atoms with Gasteiger partial charge in [0.1, 0.15) is 5.82 Å². The Hall–Kier alpha value is -1.13. The first-order valence-electron chi connectivity index (χ1n) is 7.97. The molecule has 5 heteroatoms. The Kier molecular flexibility index (Phi) is 6.21. The SMILES string of the molecule is Cl.O=C(Cc1ccccc1F)N1CCC(NCC2CC2)CC1. The number of piperidine rings is 1. The van der Waals surface area contributed by atoms with Crippen LogP contribution in [0.1, 0.15) is 31.2 Å². The second-order valence-electron chi connectivity index (χ2n) is 6.27. The largest absolute Gasteiger partial charge is 0.342 e. The Morgan fingerprint density at radius 2 is 1.86 bits per heavy atom. The van der Waals surface area contributed by atoms with Crippen LogP contribution in [0.5, 0.6) is 0 Å². The van der Waals surface area contributed by atoms with Crippen molar-refractivity contribution in [3.63, 3.8) is 0 Å². The van der Waals surface area contributed by atoms with Gasteiger partial charge in [-0.1, -0.05) is 18.2 Å². The first-order valence-corrected chi connectivity index (χ1v) is 7.97. The molecular weight excluding hydrogens is 303 g/mol. The third-order valence-electron chi connectivity index (χ3n) is 4.54. The van der Waals surface area contributed by atoms with Gasteiger partial charge in [-0.15, -0.1) is 12.4 Å². The van der Waals surface area contributed by atoms with Gasteiger partial charge in [-0.3, -0.25) is 4.79 Å². The van der Waals surface area contributed by atoms with Crippen LogP contribution in [0.3, 0.4) is 0 Å². The molecule has 1 amide bonds. The quantitative estimate of drug-likeness (QED) is 0.902. The number of amides is 1. The number of carbonyl (C=O) groups is 1. The van der Waals surface area contributed by atoms with Crippen LogP contribution in [0, 0.1) is 11.7 Å². The molecule has 1 aromatic carbocycles. The fraction of sp³-hybridized carbons (Fsp3) is 0.588. The molecule has 1 saturated carbocycles. The molecule has 1 heterocycles. The van der Waals surface area contributed by atoms with Crippen LogP contribution in [-0.4, -0.2) is 36.5 Å². The van der Waals surface area contributed by atoms with Crippen LogP contribution >= 0.6 is 12.4 Å². The highest BCUT2D eigenvalue weighted by Crippen LogP contribution is 2.28. The molecule has 0 bridgehead atoms. The molecule has 0 aromatic heterocycles. The van der Waals surface area contributed by atoms with Crippen LogP contribution in [0.2, 0.25) is 0 Å². The lowest BCUT2D eigenvalue weighted by Gasteiger charge is -2.32. The molecule has 22 heavy (non-hydrogen) atoms. The summed E-state index contributed by atoms with van der Waals surface area (Å²) in [5.74, 6) is 0.651. The smallest absolute Gasteiger partial charge is 0.227 e. The fourth-order valence-electron chi connectivity index (χ4n) is 2.90. The summed E-state index contributed by atoms with van der Waals surface area (Å²) >= 11 is 0. The molecule has 1 aliphatic heterocycles. The van der Waals surface area contributed by atoms with Crippen LogP contribution in [0.4, 0.5) is 4.39 Å². The Bertz CT molecular complexity index is 499. The summed E-state index contributed by atoms with van der Waals surface area (Å²) in [6.07, 6.45) is 4.93. The second-order valence-corrected chi connectivity index (χ2v) is 6.27. The van der Waals surface area contributed by atoms with E-state index in [1.54, 1.807) is 18.2 Å². The predicted molar refractivity (Wildman–Crippen MR) is 87.7 cm³/mol. The van der Waals surface area contributed by atoms with E-state index in [-0.39, 0.29) is 30.6 Å². The van der Waals surface area contributed by atoms with Crippen LogP contribution in [0.15, 0.2) is 24.3 Å². The molecule has 1 aliphatic carbocycles. The maximum atomic E-state index is 13.6. The molecule has 0 atom stereocenters. The molecule has 3 nitrogen and oxygen atoms in total. The Morgan fingerprint density at radius 1 is 1.18 bits per heavy atom. The molecule has 0 spiro atoms. The molecule has 1 aromatic rings. The third kappa shape index (κ3) is 4.68. The normalized spacial score (nSPS) is 18.9. The molecule has 2 fully saturated rings. The molecule has 0 unspecified atom stereocenters. The van der Waals surface area contributed by atoms with Crippen LogP contribution in [-0.2, 0) is 11.2 Å². The van der Waals surface area contributed by atoms with Crippen molar-refractivity contribution in [2.75, 3.05) is 19.6 Å². The highest BCUT2D eigenvalue weighted by molar-refractivity contribution is 5.85. The lowest BCUT2D eigenvalue weighted by atomic mass is 10.0. The number of hydrogen-bond acceptors (Lipinski definition) is 2. The third-order valence-corrected chi connectivity index (χ3v) is 4.54. The van der Waals surface area contributed by atoms with E-state index in [1.165, 1.54) is 18.9 Å². The van der Waals surface area contributed by atoms with Crippen molar-refractivity contribution in [1.29, 1.82) is 0 Å². The number of benzene rings is 1. The zero-order chi connectivity index (χ0) is 14.7. The van der Waals surface area contributed by atoms with Crippen molar-refractivity contribution in [3.8, 4) is 0 Å². The molecular formula is C17H24ClFN2O. The van der Waals surface area contributed by atoms with Crippen molar-refractivity contribution in [2.45, 2.75) is 38.1 Å². The highest BCUT2D eigenvalue weighted by atomic mass is 35.5. The predicted octanol–water partition coefficient (Wildman–Crippen LogP) is 2.78. The summed E-state index contributed by atoms with van der Waals surface area (Å²) in [6.45, 7) is 2.71. The number of rotatable bonds is 5. The number of halogens is 2. The summed E-state index contributed by atoms with van der Waals surface area (Å²) in [6, 6.07) is 7.08. The van der Waals surface area contributed by atoms with Crippen LogP contribution < -0.4 is 5.32 Å². The Balaban J connectivity index is 0.00000176. The van der Waals surface area contributed by atoms with Crippen LogP contribution in [0.25, 0.3) is 0 Å². The minimum atomic E-state index is -0.285. The monoisotopic (exact) mass is 326 g/mol. The molecule has 1 N–H and O–H groups in total. The first-order chi connectivity index (χ1) is 10.2. The van der Waals surface area contributed by atoms with Crippen molar-refractivity contribution in [2.24, 2.45) is 5.92 Å². The summed E-state index contributed by atoms with van der Waals surface area (Å²) in [4.78, 5) is 14.1. The van der Waals surface area contributed by atoms with E-state index in [0.717, 1.165) is 38.4 Å². The zero-order valence-electron chi connectivity index (χ0n) is 12.8. The van der Waals surface area contributed by atoms with Gasteiger partial charge in [0.25, 0.3) is 0 Å². The average Bonchev–Trinajstić information content (AvgIpc) is 3.32. The lowest BCUT2D eigenvalue weighted by Crippen LogP contribution is -2.45. The maximum absolute atomic E-state index is 13.6. The van der Waals surface area contributed by atoms with Gasteiger partial charge in [0.2, 0.25) is 5.91 Å². The van der Waals surface area contributed by atoms with E-state index in [2.05, 4.69) is 5.32 Å². The van der Waals surface area contributed by atoms with Gasteiger partial charge in [0.15, 0.2) is 0 Å². The highest BCUT2D eigenvalue weighted by Gasteiger charge is 2.26. The molecule has 2 aliphatic rings. The van der Waals surface area contributed by atoms with Crippen molar-refractivity contribution >= 4 is 18.3 Å². The second kappa shape index (κ2) is 7.93. The van der Waals surface area contributed by atoms with E-state index >= 15 is 0 Å². The summed E-state index contributed by atoms with van der Waals surface area (Å²) in [7, 11) is 0. The van der Waals surface area contributed by atoms with Gasteiger partial charge in [-0.25, -0.2) is 4.39 Å². The minimum absolute atomic E-state index is 0. The van der Waals surface area contributed by atoms with Crippen molar-refractivity contribution in [3.05, 3.63) is 35.6 Å². The van der Waals surface area contributed by atoms with Gasteiger partial charge < -0.3 is 10.2 Å². The summed E-state index contributed by atoms with van der Waals surface area (Å²) < 4.78 is 13.6. The van der Waals surface area contributed by atoms with Gasteiger partial charge in [0, 0.05) is 19.1 Å². The fourth-order valence-corrected chi connectivity index (χ4v) is 2.90. The first kappa shape index (κ1) is 17.2. The zero-order valence-corrected chi connectivity index (χ0v) is 13.6. The minimum Gasteiger partial charge on any atom is -0.342 e. The number of hydrogen-bond donors (Lipinski definition) is 1. The standard InChI is InChI=1S/C17H23FN2O.ClH/c18-16-4-2-1-3-14(16)11-17(21)20-9-7-15(8-10-20)19-12-13-5-6-13;/h1-4,13,15,19H,5-12H2;1H. The van der Waals surface area contributed by atoms with Gasteiger partial charge in [-0.2, -0.15) is 0 Å². The number of likely N-dealkylation sites (tertiary alicyclic amines) is 1. The van der Waals surface area contributed by atoms with E-state index < -0.39 is 0 Å². The van der Waals surface area contributed by atoms with Crippen molar-refractivity contribution < 1.29 is 9.18 Å². The van der Waals surface area contributed by atoms with Crippen molar-refractivity contribution in [1.82, 2.24) is 10.2 Å². The number of nitrogens with one attached hydrogen (secondary N) is 1. The number of carbonyl (C=O) groups excluding carboxylic acids is 1. The molecule has 0 radical (unpaired) electrons. The summed E-state index contributed by atoms with van der Waals surface area (Å²) in [5.41, 5.74) is 0.497. The topological polar surface area (TPSA) is 32.3 Å². The van der Waals surface area contributed by atoms with E-state index in [4.69, 9.17) is 0 Å². The Labute approximate surface area is 137 Å². The lowest BCUT2D eigenvalue weighted by molar-refractivity contribution is -0.131. The van der Waals surface area contributed by atoms with Gasteiger partial charge in [-0.05, 0) is 49.8 Å². The maximum Gasteiger partial charge on any atom is 0.227 e. The Morgan fingerprint density at radius 3 is 2.50 bits per heavy atom. The van der Waals surface area contributed by atoms with Gasteiger partial charge in [0.05, 0.1) is 6.42 Å². The van der Waals surface area contributed by atoms with E-state index in [1.807, 2.05) is 4.90 Å². The van der Waals surface area contributed by atoms with E-state index in [0.29, 0.717) is 11.6 Å². The van der Waals surface area contributed by atoms with Gasteiger partial charge >= 0.3 is 0 Å². The average molecular weight is 327 g/mol. The van der Waals surface area contributed by atoms with E-state index in [9.17, 15) is 9.18 Å².